The van der Waals surface area contributed by atoms with Gasteiger partial charge < -0.3 is 16.0 Å². The molecule has 5 nitrogen and oxygen atoms in total. The van der Waals surface area contributed by atoms with Crippen molar-refractivity contribution in [3.8, 4) is 0 Å². The zero-order valence-electron chi connectivity index (χ0n) is 13.4. The summed E-state index contributed by atoms with van der Waals surface area (Å²) in [7, 11) is 0. The molecular weight excluding hydrogens is 334 g/mol. The topological polar surface area (TPSA) is 70.2 Å². The quantitative estimate of drug-likeness (QED) is 0.708. The first-order chi connectivity index (χ1) is 10.5. The number of halogens is 1. The summed E-state index contributed by atoms with van der Waals surface area (Å²) >= 11 is 1.52. The SMILES string of the molecule is CC(=O)Nc1ccc(SC(C)C(=O)NC2CCCNC2)cc1.Cl. The minimum Gasteiger partial charge on any atom is -0.351 e. The lowest BCUT2D eigenvalue weighted by molar-refractivity contribution is -0.121. The summed E-state index contributed by atoms with van der Waals surface area (Å²) in [5, 5.41) is 8.97. The maximum Gasteiger partial charge on any atom is 0.233 e. The molecule has 1 aromatic carbocycles. The number of rotatable bonds is 5. The maximum atomic E-state index is 12.2. The van der Waals surface area contributed by atoms with E-state index in [0.717, 1.165) is 36.5 Å². The minimum atomic E-state index is -0.145. The van der Waals surface area contributed by atoms with Crippen LogP contribution in [-0.4, -0.2) is 36.2 Å². The van der Waals surface area contributed by atoms with Crippen molar-refractivity contribution in [3.05, 3.63) is 24.3 Å². The van der Waals surface area contributed by atoms with Gasteiger partial charge in [-0.1, -0.05) is 0 Å². The van der Waals surface area contributed by atoms with Crippen molar-refractivity contribution in [1.82, 2.24) is 10.6 Å². The van der Waals surface area contributed by atoms with Gasteiger partial charge in [0.15, 0.2) is 0 Å². The van der Waals surface area contributed by atoms with E-state index in [0.29, 0.717) is 0 Å². The van der Waals surface area contributed by atoms with E-state index in [1.54, 1.807) is 0 Å². The summed E-state index contributed by atoms with van der Waals surface area (Å²) in [5.74, 6) is -0.0149. The average Bonchev–Trinajstić information content (AvgIpc) is 2.49. The number of hydrogen-bond donors (Lipinski definition) is 3. The average molecular weight is 358 g/mol. The predicted molar refractivity (Wildman–Crippen MR) is 97.3 cm³/mol. The van der Waals surface area contributed by atoms with Crippen LogP contribution in [0.3, 0.4) is 0 Å². The third kappa shape index (κ3) is 6.81. The van der Waals surface area contributed by atoms with Crippen molar-refractivity contribution >= 4 is 41.7 Å². The summed E-state index contributed by atoms with van der Waals surface area (Å²) < 4.78 is 0. The van der Waals surface area contributed by atoms with Crippen molar-refractivity contribution in [2.75, 3.05) is 18.4 Å². The molecule has 23 heavy (non-hydrogen) atoms. The first-order valence-corrected chi connectivity index (χ1v) is 8.48. The smallest absolute Gasteiger partial charge is 0.233 e. The van der Waals surface area contributed by atoms with Crippen LogP contribution in [-0.2, 0) is 9.59 Å². The van der Waals surface area contributed by atoms with Crippen LogP contribution in [0.4, 0.5) is 5.69 Å². The molecule has 1 fully saturated rings. The van der Waals surface area contributed by atoms with Crippen LogP contribution in [0.1, 0.15) is 26.7 Å². The second kappa shape index (κ2) is 9.80. The van der Waals surface area contributed by atoms with Crippen LogP contribution in [0.5, 0.6) is 0 Å². The molecular formula is C16H24ClN3O2S. The van der Waals surface area contributed by atoms with Gasteiger partial charge in [0.1, 0.15) is 0 Å². The molecule has 2 rings (SSSR count). The highest BCUT2D eigenvalue weighted by Crippen LogP contribution is 2.25. The molecule has 0 aromatic heterocycles. The highest BCUT2D eigenvalue weighted by atomic mass is 35.5. The zero-order chi connectivity index (χ0) is 15.9. The lowest BCUT2D eigenvalue weighted by Crippen LogP contribution is -2.47. The number of carbonyl (C=O) groups is 2. The normalized spacial score (nSPS) is 18.4. The maximum absolute atomic E-state index is 12.2. The summed E-state index contributed by atoms with van der Waals surface area (Å²) in [6.45, 7) is 5.29. The molecule has 1 saturated heterocycles. The van der Waals surface area contributed by atoms with Crippen molar-refractivity contribution in [1.29, 1.82) is 0 Å². The number of thioether (sulfide) groups is 1. The van der Waals surface area contributed by atoms with Crippen LogP contribution in [0.25, 0.3) is 0 Å². The molecule has 1 heterocycles. The number of carbonyl (C=O) groups excluding carboxylic acids is 2. The van der Waals surface area contributed by atoms with E-state index in [9.17, 15) is 9.59 Å². The fourth-order valence-corrected chi connectivity index (χ4v) is 3.25. The Balaban J connectivity index is 0.00000264. The largest absolute Gasteiger partial charge is 0.351 e. The van der Waals surface area contributed by atoms with Gasteiger partial charge in [0, 0.05) is 30.1 Å². The Morgan fingerprint density at radius 1 is 1.30 bits per heavy atom. The van der Waals surface area contributed by atoms with E-state index in [2.05, 4.69) is 16.0 Å². The van der Waals surface area contributed by atoms with Crippen LogP contribution in [0, 0.1) is 0 Å². The number of piperidine rings is 1. The van der Waals surface area contributed by atoms with Gasteiger partial charge in [-0.05, 0) is 50.6 Å². The second-order valence-corrected chi connectivity index (χ2v) is 6.93. The van der Waals surface area contributed by atoms with Gasteiger partial charge in [-0.2, -0.15) is 0 Å². The molecule has 1 aromatic rings. The minimum absolute atomic E-state index is 0. The van der Waals surface area contributed by atoms with E-state index < -0.39 is 0 Å². The summed E-state index contributed by atoms with van der Waals surface area (Å²) in [5.41, 5.74) is 0.766. The molecule has 2 atom stereocenters. The first-order valence-electron chi connectivity index (χ1n) is 7.60. The van der Waals surface area contributed by atoms with Gasteiger partial charge in [-0.15, -0.1) is 24.2 Å². The molecule has 0 spiro atoms. The number of benzene rings is 1. The molecule has 3 N–H and O–H groups in total. The number of nitrogens with one attached hydrogen (secondary N) is 3. The summed E-state index contributed by atoms with van der Waals surface area (Å²) in [6.07, 6.45) is 2.15. The number of anilines is 1. The second-order valence-electron chi connectivity index (χ2n) is 5.52. The molecule has 1 aliphatic rings. The first kappa shape index (κ1) is 19.8. The van der Waals surface area contributed by atoms with Gasteiger partial charge in [-0.25, -0.2) is 0 Å². The molecule has 128 valence electrons. The van der Waals surface area contributed by atoms with Crippen LogP contribution >= 0.6 is 24.2 Å². The highest BCUT2D eigenvalue weighted by molar-refractivity contribution is 8.00. The Labute approximate surface area is 147 Å². The molecule has 0 radical (unpaired) electrons. The predicted octanol–water partition coefficient (Wildman–Crippen LogP) is 2.42. The third-order valence-electron chi connectivity index (χ3n) is 3.50. The van der Waals surface area contributed by atoms with E-state index in [1.165, 1.54) is 18.7 Å². The highest BCUT2D eigenvalue weighted by Gasteiger charge is 2.20. The van der Waals surface area contributed by atoms with Gasteiger partial charge in [-0.3, -0.25) is 9.59 Å². The van der Waals surface area contributed by atoms with Gasteiger partial charge >= 0.3 is 0 Å². The molecule has 0 aliphatic carbocycles. The Hall–Kier alpha value is -1.24. The molecule has 7 heteroatoms. The van der Waals surface area contributed by atoms with Gasteiger partial charge in [0.25, 0.3) is 0 Å². The Morgan fingerprint density at radius 2 is 2.00 bits per heavy atom. The lowest BCUT2D eigenvalue weighted by Gasteiger charge is -2.25. The third-order valence-corrected chi connectivity index (χ3v) is 4.61. The molecule has 2 amide bonds. The van der Waals surface area contributed by atoms with Crippen molar-refractivity contribution in [3.63, 3.8) is 0 Å². The Bertz CT molecular complexity index is 519. The Morgan fingerprint density at radius 3 is 2.57 bits per heavy atom. The zero-order valence-corrected chi connectivity index (χ0v) is 15.1. The van der Waals surface area contributed by atoms with Gasteiger partial charge in [0.2, 0.25) is 11.8 Å². The standard InChI is InChI=1S/C16H23N3O2S.ClH/c1-11(16(21)19-14-4-3-9-17-10-14)22-15-7-5-13(6-8-15)18-12(2)20;/h5-8,11,14,17H,3-4,9-10H2,1-2H3,(H,18,20)(H,19,21);1H. The fourth-order valence-electron chi connectivity index (χ4n) is 2.37. The van der Waals surface area contributed by atoms with E-state index in [-0.39, 0.29) is 35.5 Å². The molecule has 0 bridgehead atoms. The Kier molecular flexibility index (Phi) is 8.44. The number of amides is 2. The number of hydrogen-bond acceptors (Lipinski definition) is 4. The van der Waals surface area contributed by atoms with Crippen LogP contribution < -0.4 is 16.0 Å². The molecule has 2 unspecified atom stereocenters. The van der Waals surface area contributed by atoms with E-state index >= 15 is 0 Å². The lowest BCUT2D eigenvalue weighted by atomic mass is 10.1. The summed E-state index contributed by atoms with van der Waals surface area (Å²) in [4.78, 5) is 24.2. The van der Waals surface area contributed by atoms with Crippen LogP contribution in [0.2, 0.25) is 0 Å². The van der Waals surface area contributed by atoms with Crippen LogP contribution in [0.15, 0.2) is 29.2 Å². The fraction of sp³-hybridized carbons (Fsp3) is 0.500. The van der Waals surface area contributed by atoms with Gasteiger partial charge in [0.05, 0.1) is 5.25 Å². The van der Waals surface area contributed by atoms with E-state index in [4.69, 9.17) is 0 Å². The monoisotopic (exact) mass is 357 g/mol. The van der Waals surface area contributed by atoms with Crippen molar-refractivity contribution in [2.24, 2.45) is 0 Å². The molecule has 0 saturated carbocycles. The van der Waals surface area contributed by atoms with E-state index in [1.807, 2.05) is 31.2 Å². The van der Waals surface area contributed by atoms with Crippen molar-refractivity contribution in [2.45, 2.75) is 42.9 Å². The van der Waals surface area contributed by atoms with Crippen molar-refractivity contribution < 1.29 is 9.59 Å². The summed E-state index contributed by atoms with van der Waals surface area (Å²) in [6, 6.07) is 7.77. The molecule has 1 aliphatic heterocycles.